The van der Waals surface area contributed by atoms with E-state index in [1.807, 2.05) is 26.0 Å². The number of pyridine rings is 1. The van der Waals surface area contributed by atoms with Gasteiger partial charge in [0.25, 0.3) is 0 Å². The van der Waals surface area contributed by atoms with Crippen LogP contribution >= 0.6 is 0 Å². The number of nitrogens with one attached hydrogen (secondary N) is 1. The van der Waals surface area contributed by atoms with E-state index in [2.05, 4.69) is 10.3 Å². The van der Waals surface area contributed by atoms with Gasteiger partial charge in [-0.25, -0.2) is 4.98 Å². The van der Waals surface area contributed by atoms with Crippen LogP contribution in [0.3, 0.4) is 0 Å². The van der Waals surface area contributed by atoms with Gasteiger partial charge in [0.15, 0.2) is 11.6 Å². The third kappa shape index (κ3) is 4.37. The van der Waals surface area contributed by atoms with Crippen molar-refractivity contribution in [2.75, 3.05) is 11.9 Å². The number of nitrogens with zero attached hydrogens (tertiary/aromatic N) is 1. The van der Waals surface area contributed by atoms with E-state index in [1.165, 1.54) is 12.8 Å². The summed E-state index contributed by atoms with van der Waals surface area (Å²) in [6.45, 7) is 4.53. The van der Waals surface area contributed by atoms with Gasteiger partial charge in [-0.1, -0.05) is 25.7 Å². The number of ether oxygens (including phenoxy) is 1. The second-order valence-electron chi connectivity index (χ2n) is 6.01. The summed E-state index contributed by atoms with van der Waals surface area (Å²) >= 11 is 0. The molecule has 20 heavy (non-hydrogen) atoms. The van der Waals surface area contributed by atoms with Crippen LogP contribution in [0.4, 0.5) is 5.82 Å². The Morgan fingerprint density at radius 3 is 2.65 bits per heavy atom. The minimum absolute atomic E-state index is 0.112. The summed E-state index contributed by atoms with van der Waals surface area (Å²) < 4.78 is 5.74. The predicted molar refractivity (Wildman–Crippen MR) is 81.1 cm³/mol. The maximum atomic E-state index is 10.7. The molecule has 0 atom stereocenters. The number of hydrogen-bond donors (Lipinski definition) is 2. The highest BCUT2D eigenvalue weighted by Gasteiger charge is 2.28. The maximum absolute atomic E-state index is 10.7. The van der Waals surface area contributed by atoms with Gasteiger partial charge in [-0.3, -0.25) is 0 Å². The molecule has 1 aliphatic carbocycles. The zero-order valence-corrected chi connectivity index (χ0v) is 12.6. The molecule has 0 radical (unpaired) electrons. The van der Waals surface area contributed by atoms with E-state index in [0.717, 1.165) is 37.3 Å². The summed E-state index contributed by atoms with van der Waals surface area (Å²) in [7, 11) is 0. The standard InChI is InChI=1S/C16H26N2O2/c1-13(2)20-14-8-7-11-17-15(14)18-12-16(19)9-5-3-4-6-10-16/h7-8,11,13,19H,3-6,9-10,12H2,1-2H3,(H,17,18). The van der Waals surface area contributed by atoms with Gasteiger partial charge >= 0.3 is 0 Å². The predicted octanol–water partition coefficient (Wildman–Crippen LogP) is 3.37. The van der Waals surface area contributed by atoms with Gasteiger partial charge in [0.2, 0.25) is 0 Å². The molecular weight excluding hydrogens is 252 g/mol. The fraction of sp³-hybridized carbons (Fsp3) is 0.688. The molecule has 4 nitrogen and oxygen atoms in total. The zero-order valence-electron chi connectivity index (χ0n) is 12.6. The summed E-state index contributed by atoms with van der Waals surface area (Å²) in [5.41, 5.74) is -0.608. The van der Waals surface area contributed by atoms with Gasteiger partial charge in [0, 0.05) is 12.7 Å². The van der Waals surface area contributed by atoms with Crippen LogP contribution in [-0.2, 0) is 0 Å². The smallest absolute Gasteiger partial charge is 0.168 e. The second-order valence-corrected chi connectivity index (χ2v) is 6.01. The minimum Gasteiger partial charge on any atom is -0.487 e. The van der Waals surface area contributed by atoms with Crippen LogP contribution < -0.4 is 10.1 Å². The minimum atomic E-state index is -0.608. The molecule has 0 saturated heterocycles. The molecule has 1 saturated carbocycles. The van der Waals surface area contributed by atoms with E-state index in [1.54, 1.807) is 6.20 Å². The van der Waals surface area contributed by atoms with Crippen LogP contribution in [-0.4, -0.2) is 28.3 Å². The summed E-state index contributed by atoms with van der Waals surface area (Å²) in [5, 5.41) is 13.9. The van der Waals surface area contributed by atoms with Crippen molar-refractivity contribution >= 4 is 5.82 Å². The molecule has 0 bridgehead atoms. The monoisotopic (exact) mass is 278 g/mol. The Morgan fingerprint density at radius 1 is 1.30 bits per heavy atom. The van der Waals surface area contributed by atoms with Crippen LogP contribution in [0.15, 0.2) is 18.3 Å². The first-order chi connectivity index (χ1) is 9.59. The lowest BCUT2D eigenvalue weighted by Gasteiger charge is -2.27. The van der Waals surface area contributed by atoms with Gasteiger partial charge in [0.1, 0.15) is 0 Å². The molecule has 0 spiro atoms. The summed E-state index contributed by atoms with van der Waals surface area (Å²) in [6, 6.07) is 3.77. The second kappa shape index (κ2) is 6.93. The van der Waals surface area contributed by atoms with Crippen LogP contribution in [0.2, 0.25) is 0 Å². The Bertz CT molecular complexity index is 413. The van der Waals surface area contributed by atoms with Crippen molar-refractivity contribution in [2.45, 2.75) is 64.1 Å². The van der Waals surface area contributed by atoms with Crippen LogP contribution in [0.25, 0.3) is 0 Å². The van der Waals surface area contributed by atoms with Gasteiger partial charge in [-0.2, -0.15) is 0 Å². The highest BCUT2D eigenvalue weighted by Crippen LogP contribution is 2.29. The van der Waals surface area contributed by atoms with E-state index >= 15 is 0 Å². The Morgan fingerprint density at radius 2 is 2.00 bits per heavy atom. The first kappa shape index (κ1) is 15.1. The molecule has 0 aliphatic heterocycles. The van der Waals surface area contributed by atoms with Crippen molar-refractivity contribution in [2.24, 2.45) is 0 Å². The van der Waals surface area contributed by atoms with Crippen molar-refractivity contribution in [1.29, 1.82) is 0 Å². The fourth-order valence-electron chi connectivity index (χ4n) is 2.68. The SMILES string of the molecule is CC(C)Oc1cccnc1NCC1(O)CCCCCC1. The first-order valence-corrected chi connectivity index (χ1v) is 7.67. The van der Waals surface area contributed by atoms with Gasteiger partial charge < -0.3 is 15.2 Å². The molecule has 1 aliphatic rings. The molecule has 2 N–H and O–H groups in total. The molecule has 1 aromatic rings. The van der Waals surface area contributed by atoms with E-state index in [9.17, 15) is 5.11 Å². The third-order valence-corrected chi connectivity index (χ3v) is 3.75. The summed E-state index contributed by atoms with van der Waals surface area (Å²) in [4.78, 5) is 4.32. The number of anilines is 1. The highest BCUT2D eigenvalue weighted by atomic mass is 16.5. The van der Waals surface area contributed by atoms with Gasteiger partial charge in [0.05, 0.1) is 11.7 Å². The molecule has 112 valence electrons. The van der Waals surface area contributed by atoms with Crippen LogP contribution in [0, 0.1) is 0 Å². The molecule has 1 heterocycles. The topological polar surface area (TPSA) is 54.4 Å². The van der Waals surface area contributed by atoms with E-state index in [0.29, 0.717) is 6.54 Å². The van der Waals surface area contributed by atoms with Crippen LogP contribution in [0.1, 0.15) is 52.4 Å². The molecule has 4 heteroatoms. The van der Waals surface area contributed by atoms with Gasteiger partial charge in [-0.15, -0.1) is 0 Å². The lowest BCUT2D eigenvalue weighted by atomic mass is 9.94. The lowest BCUT2D eigenvalue weighted by molar-refractivity contribution is 0.0380. The lowest BCUT2D eigenvalue weighted by Crippen LogP contribution is -2.36. The fourth-order valence-corrected chi connectivity index (χ4v) is 2.68. The Balaban J connectivity index is 1.99. The van der Waals surface area contributed by atoms with Crippen molar-refractivity contribution in [1.82, 2.24) is 4.98 Å². The molecule has 1 fully saturated rings. The summed E-state index contributed by atoms with van der Waals surface area (Å²) in [6.07, 6.45) is 8.26. The van der Waals surface area contributed by atoms with E-state index in [-0.39, 0.29) is 6.10 Å². The molecule has 0 unspecified atom stereocenters. The largest absolute Gasteiger partial charge is 0.487 e. The van der Waals surface area contributed by atoms with Crippen molar-refractivity contribution in [3.05, 3.63) is 18.3 Å². The van der Waals surface area contributed by atoms with E-state index in [4.69, 9.17) is 4.74 Å². The molecular formula is C16H26N2O2. The van der Waals surface area contributed by atoms with E-state index < -0.39 is 5.60 Å². The quantitative estimate of drug-likeness (QED) is 0.811. The average Bonchev–Trinajstić information content (AvgIpc) is 2.63. The van der Waals surface area contributed by atoms with Crippen molar-refractivity contribution in [3.63, 3.8) is 0 Å². The number of hydrogen-bond acceptors (Lipinski definition) is 4. The highest BCUT2D eigenvalue weighted by molar-refractivity contribution is 5.49. The Hall–Kier alpha value is -1.29. The molecule has 0 amide bonds. The normalized spacial score (nSPS) is 18.6. The molecule has 1 aromatic heterocycles. The molecule has 0 aromatic carbocycles. The van der Waals surface area contributed by atoms with Crippen molar-refractivity contribution < 1.29 is 9.84 Å². The Kier molecular flexibility index (Phi) is 5.24. The average molecular weight is 278 g/mol. The van der Waals surface area contributed by atoms with Gasteiger partial charge in [-0.05, 0) is 38.8 Å². The number of rotatable bonds is 5. The summed E-state index contributed by atoms with van der Waals surface area (Å²) in [5.74, 6) is 1.47. The number of aromatic nitrogens is 1. The van der Waals surface area contributed by atoms with Crippen LogP contribution in [0.5, 0.6) is 5.75 Å². The third-order valence-electron chi connectivity index (χ3n) is 3.75. The zero-order chi connectivity index (χ0) is 14.4. The van der Waals surface area contributed by atoms with Crippen molar-refractivity contribution in [3.8, 4) is 5.75 Å². The number of aliphatic hydroxyl groups is 1. The first-order valence-electron chi connectivity index (χ1n) is 7.67. The molecule has 2 rings (SSSR count). The maximum Gasteiger partial charge on any atom is 0.168 e. The Labute approximate surface area is 121 Å².